The van der Waals surface area contributed by atoms with Gasteiger partial charge < -0.3 is 37.6 Å². The number of nitrogens with zero attached hydrogens (tertiary/aromatic N) is 1. The number of hydrogen-bond donors (Lipinski definition) is 0. The van der Waals surface area contributed by atoms with Crippen LogP contribution in [0.3, 0.4) is 0 Å². The molecule has 3 aliphatic rings. The van der Waals surface area contributed by atoms with Crippen LogP contribution >= 0.6 is 0 Å². The molecule has 5 atom stereocenters. The molecule has 59 heavy (non-hydrogen) atoms. The van der Waals surface area contributed by atoms with E-state index in [1.165, 1.54) is 0 Å². The predicted octanol–water partition coefficient (Wildman–Crippen LogP) is 11.0. The SMILES string of the molecule is COc1ccc(COC(/C=C\[C@@H](C)[C@H](C)O[Si](C)(C)C(C)(C)C)[C@H]2OC(C)(C)O[C@H]2C/C=C/c2cc(N(C(=O)OC(C)(C)C)C3CC3)cc3c2C(=O)OC(C)(C)O3)cc1. The molecular formula is C47H69NO10Si. The minimum Gasteiger partial charge on any atom is -0.497 e. The lowest BCUT2D eigenvalue weighted by Gasteiger charge is -2.39. The molecule has 1 unspecified atom stereocenters. The van der Waals surface area contributed by atoms with Gasteiger partial charge in [0.2, 0.25) is 5.79 Å². The Labute approximate surface area is 353 Å². The third-order valence-corrected chi connectivity index (χ3v) is 15.8. The molecule has 2 heterocycles. The van der Waals surface area contributed by atoms with Crippen LogP contribution in [0.1, 0.15) is 124 Å². The smallest absolute Gasteiger partial charge is 0.415 e. The number of ether oxygens (including phenoxy) is 7. The molecule has 2 aromatic rings. The van der Waals surface area contributed by atoms with Gasteiger partial charge in [-0.2, -0.15) is 0 Å². The fraction of sp³-hybridized carbons (Fsp3) is 0.617. The quantitative estimate of drug-likeness (QED) is 0.0976. The van der Waals surface area contributed by atoms with Crippen molar-refractivity contribution in [2.75, 3.05) is 12.0 Å². The summed E-state index contributed by atoms with van der Waals surface area (Å²) >= 11 is 0. The monoisotopic (exact) mass is 835 g/mol. The van der Waals surface area contributed by atoms with Gasteiger partial charge >= 0.3 is 12.1 Å². The molecular weight excluding hydrogens is 767 g/mol. The number of cyclic esters (lactones) is 1. The number of anilines is 1. The van der Waals surface area contributed by atoms with Gasteiger partial charge in [-0.25, -0.2) is 9.59 Å². The fourth-order valence-corrected chi connectivity index (χ4v) is 8.38. The largest absolute Gasteiger partial charge is 0.497 e. The van der Waals surface area contributed by atoms with Crippen molar-refractivity contribution >= 4 is 32.1 Å². The summed E-state index contributed by atoms with van der Waals surface area (Å²) in [7, 11) is -0.343. The van der Waals surface area contributed by atoms with Gasteiger partial charge in [-0.15, -0.1) is 0 Å². The minimum absolute atomic E-state index is 0.000564. The third kappa shape index (κ3) is 12.2. The maximum atomic E-state index is 13.6. The first-order chi connectivity index (χ1) is 27.3. The highest BCUT2D eigenvalue weighted by Crippen LogP contribution is 2.42. The van der Waals surface area contributed by atoms with Gasteiger partial charge in [-0.05, 0) is 114 Å². The summed E-state index contributed by atoms with van der Waals surface area (Å²) in [5.74, 6) is -1.36. The van der Waals surface area contributed by atoms with Crippen LogP contribution in [-0.4, -0.2) is 75.1 Å². The zero-order valence-electron chi connectivity index (χ0n) is 38.1. The summed E-state index contributed by atoms with van der Waals surface area (Å²) in [6.07, 6.45) is 8.42. The Kier molecular flexibility index (Phi) is 13.9. The molecule has 12 heteroatoms. The van der Waals surface area contributed by atoms with Gasteiger partial charge in [0.25, 0.3) is 0 Å². The van der Waals surface area contributed by atoms with E-state index in [0.29, 0.717) is 30.0 Å². The Bertz CT molecular complexity index is 1850. The average Bonchev–Trinajstić information content (AvgIpc) is 3.88. The lowest BCUT2D eigenvalue weighted by molar-refractivity contribution is -0.156. The Morgan fingerprint density at radius 3 is 2.20 bits per heavy atom. The van der Waals surface area contributed by atoms with Gasteiger partial charge in [0.1, 0.15) is 34.9 Å². The van der Waals surface area contributed by atoms with Crippen molar-refractivity contribution in [1.82, 2.24) is 0 Å². The van der Waals surface area contributed by atoms with Crippen molar-refractivity contribution in [2.45, 2.75) is 175 Å². The number of methoxy groups -OCH3 is 1. The highest BCUT2D eigenvalue weighted by molar-refractivity contribution is 6.74. The fourth-order valence-electron chi connectivity index (χ4n) is 6.88. The minimum atomic E-state index is -1.99. The zero-order valence-corrected chi connectivity index (χ0v) is 39.1. The first-order valence-corrected chi connectivity index (χ1v) is 23.9. The van der Waals surface area contributed by atoms with Gasteiger partial charge in [0, 0.05) is 32.1 Å². The molecule has 326 valence electrons. The predicted molar refractivity (Wildman–Crippen MR) is 233 cm³/mol. The van der Waals surface area contributed by atoms with Crippen LogP contribution in [0.5, 0.6) is 11.5 Å². The molecule has 0 spiro atoms. The summed E-state index contributed by atoms with van der Waals surface area (Å²) in [6, 6.07) is 11.4. The van der Waals surface area contributed by atoms with Crippen LogP contribution in [0.15, 0.2) is 54.6 Å². The van der Waals surface area contributed by atoms with Gasteiger partial charge in [-0.1, -0.05) is 64.1 Å². The Hall–Kier alpha value is -3.68. The number of esters is 1. The van der Waals surface area contributed by atoms with Crippen molar-refractivity contribution in [2.24, 2.45) is 5.92 Å². The number of benzene rings is 2. The molecule has 0 aromatic heterocycles. The zero-order chi connectivity index (χ0) is 43.7. The van der Waals surface area contributed by atoms with Gasteiger partial charge in [0.15, 0.2) is 14.1 Å². The van der Waals surface area contributed by atoms with E-state index in [2.05, 4.69) is 59.9 Å². The normalized spacial score (nSPS) is 22.1. The summed E-state index contributed by atoms with van der Waals surface area (Å²) in [5, 5.41) is 0.0926. The molecule has 2 aromatic carbocycles. The summed E-state index contributed by atoms with van der Waals surface area (Å²) in [6.45, 7) is 28.7. The maximum Gasteiger partial charge on any atom is 0.415 e. The van der Waals surface area contributed by atoms with E-state index in [0.717, 1.165) is 24.2 Å². The molecule has 0 bridgehead atoms. The van der Waals surface area contributed by atoms with Crippen LogP contribution in [0.4, 0.5) is 10.5 Å². The Balaban J connectivity index is 1.45. The molecule has 1 saturated carbocycles. The lowest BCUT2D eigenvalue weighted by atomic mass is 9.99. The van der Waals surface area contributed by atoms with Crippen LogP contribution in [0.25, 0.3) is 6.08 Å². The van der Waals surface area contributed by atoms with Crippen molar-refractivity contribution in [3.63, 3.8) is 0 Å². The number of hydrogen-bond acceptors (Lipinski definition) is 10. The Morgan fingerprint density at radius 1 is 0.949 bits per heavy atom. The van der Waals surface area contributed by atoms with E-state index in [1.54, 1.807) is 31.9 Å². The van der Waals surface area contributed by atoms with Gasteiger partial charge in [-0.3, -0.25) is 4.90 Å². The first kappa shape index (κ1) is 46.4. The summed E-state index contributed by atoms with van der Waals surface area (Å²) < 4.78 is 49.7. The van der Waals surface area contributed by atoms with E-state index in [1.807, 2.05) is 77.1 Å². The number of carbonyl (C=O) groups excluding carboxylic acids is 2. The second kappa shape index (κ2) is 17.7. The lowest BCUT2D eigenvalue weighted by Crippen LogP contribution is -2.44. The topological polar surface area (TPSA) is 111 Å². The van der Waals surface area contributed by atoms with E-state index < -0.39 is 55.9 Å². The summed E-state index contributed by atoms with van der Waals surface area (Å²) in [4.78, 5) is 28.7. The Morgan fingerprint density at radius 2 is 1.61 bits per heavy atom. The molecule has 2 aliphatic heterocycles. The molecule has 5 rings (SSSR count). The standard InChI is InChI=1S/C47H69NO10Si/c1-30(31(2)58-59(14,15)45(6,7)8)19-26-37(52-29-32-20-24-36(51-13)25-21-32)41-38(53-46(9,10)55-41)18-16-17-33-27-35(28-39-40(33)42(49)56-47(11,12)54-39)48(34-22-23-34)43(50)57-44(3,4)5/h16-17,19-21,24-28,30-31,34,37-38,41H,18,22-23,29H2,1-15H3/b17-16+,26-19-/t30-,31+,37?,38+,41-/m1/s1. The second-order valence-corrected chi connectivity index (χ2v) is 24.4. The van der Waals surface area contributed by atoms with Crippen molar-refractivity contribution < 1.29 is 47.2 Å². The summed E-state index contributed by atoms with van der Waals surface area (Å²) in [5.41, 5.74) is 1.74. The number of fused-ring (bicyclic) bond motifs is 1. The van der Waals surface area contributed by atoms with Crippen LogP contribution in [0, 0.1) is 5.92 Å². The molecule has 2 fully saturated rings. The van der Waals surface area contributed by atoms with Crippen molar-refractivity contribution in [3.8, 4) is 11.5 Å². The molecule has 1 aliphatic carbocycles. The van der Waals surface area contributed by atoms with Crippen LogP contribution in [0.2, 0.25) is 18.1 Å². The molecule has 1 saturated heterocycles. The van der Waals surface area contributed by atoms with E-state index >= 15 is 0 Å². The second-order valence-electron chi connectivity index (χ2n) is 19.6. The van der Waals surface area contributed by atoms with Crippen LogP contribution in [-0.2, 0) is 34.7 Å². The molecule has 11 nitrogen and oxygen atoms in total. The number of rotatable bonds is 15. The van der Waals surface area contributed by atoms with Crippen molar-refractivity contribution in [3.05, 3.63) is 71.3 Å². The van der Waals surface area contributed by atoms with E-state index in [-0.39, 0.29) is 28.7 Å². The number of carbonyl (C=O) groups is 2. The third-order valence-electron chi connectivity index (χ3n) is 11.2. The van der Waals surface area contributed by atoms with Crippen molar-refractivity contribution in [1.29, 1.82) is 0 Å². The highest BCUT2D eigenvalue weighted by atomic mass is 28.4. The highest BCUT2D eigenvalue weighted by Gasteiger charge is 2.45. The maximum absolute atomic E-state index is 13.6. The molecule has 1 amide bonds. The van der Waals surface area contributed by atoms with Crippen LogP contribution < -0.4 is 14.4 Å². The molecule has 0 N–H and O–H groups in total. The van der Waals surface area contributed by atoms with E-state index in [9.17, 15) is 9.59 Å². The number of amides is 1. The average molecular weight is 836 g/mol. The first-order valence-electron chi connectivity index (χ1n) is 21.0. The van der Waals surface area contributed by atoms with Gasteiger partial charge in [0.05, 0.1) is 25.5 Å². The molecule has 0 radical (unpaired) electrons. The van der Waals surface area contributed by atoms with E-state index in [4.69, 9.17) is 37.6 Å².